The van der Waals surface area contributed by atoms with E-state index in [1.54, 1.807) is 18.5 Å². The SMILES string of the molecule is CCNC(=O)[C@H]1CCCC[C@@H]1Nc1nc(-c2c[nH]c3ncc(Cl)cc23)ncc1F. The lowest BCUT2D eigenvalue weighted by Crippen LogP contribution is -2.43. The first-order chi connectivity index (χ1) is 14.1. The lowest BCUT2D eigenvalue weighted by molar-refractivity contribution is -0.126. The van der Waals surface area contributed by atoms with Crippen LogP contribution in [0.15, 0.2) is 24.7 Å². The van der Waals surface area contributed by atoms with Crippen LogP contribution in [0.5, 0.6) is 0 Å². The molecule has 1 aliphatic carbocycles. The lowest BCUT2D eigenvalue weighted by atomic mass is 9.84. The number of rotatable bonds is 5. The number of aromatic nitrogens is 4. The Morgan fingerprint density at radius 3 is 2.97 bits per heavy atom. The van der Waals surface area contributed by atoms with E-state index in [-0.39, 0.29) is 23.7 Å². The Labute approximate surface area is 172 Å². The fourth-order valence-corrected chi connectivity index (χ4v) is 4.02. The van der Waals surface area contributed by atoms with Crippen molar-refractivity contribution in [2.45, 2.75) is 38.6 Å². The fourth-order valence-electron chi connectivity index (χ4n) is 3.86. The van der Waals surface area contributed by atoms with Crippen LogP contribution >= 0.6 is 11.6 Å². The molecule has 3 aromatic heterocycles. The Balaban J connectivity index is 1.64. The maximum Gasteiger partial charge on any atom is 0.225 e. The standard InChI is InChI=1S/C20H22ClFN6O/c1-2-23-20(29)12-5-3-4-6-16(12)27-19-15(22)10-26-18(28-19)14-9-25-17-13(14)7-11(21)8-24-17/h7-10,12,16H,2-6H2,1H3,(H,23,29)(H,24,25)(H,26,27,28)/t12-,16-/m0/s1. The molecule has 0 spiro atoms. The second kappa shape index (κ2) is 8.32. The van der Waals surface area contributed by atoms with Gasteiger partial charge in [-0.1, -0.05) is 24.4 Å². The van der Waals surface area contributed by atoms with Gasteiger partial charge in [-0.2, -0.15) is 0 Å². The summed E-state index contributed by atoms with van der Waals surface area (Å²) in [4.78, 5) is 28.2. The third-order valence-electron chi connectivity index (χ3n) is 5.26. The molecule has 1 amide bonds. The van der Waals surface area contributed by atoms with Crippen LogP contribution in [-0.4, -0.2) is 38.4 Å². The first kappa shape index (κ1) is 19.6. The van der Waals surface area contributed by atoms with E-state index in [1.807, 2.05) is 6.92 Å². The number of hydrogen-bond donors (Lipinski definition) is 3. The third-order valence-corrected chi connectivity index (χ3v) is 5.47. The first-order valence-corrected chi connectivity index (χ1v) is 10.1. The van der Waals surface area contributed by atoms with Crippen molar-refractivity contribution in [1.29, 1.82) is 0 Å². The molecule has 0 aromatic carbocycles. The number of hydrogen-bond acceptors (Lipinski definition) is 5. The number of nitrogens with one attached hydrogen (secondary N) is 3. The van der Waals surface area contributed by atoms with Crippen LogP contribution in [0, 0.1) is 11.7 Å². The molecule has 0 unspecified atom stereocenters. The second-order valence-electron chi connectivity index (χ2n) is 7.18. The van der Waals surface area contributed by atoms with E-state index in [0.717, 1.165) is 37.3 Å². The van der Waals surface area contributed by atoms with Gasteiger partial charge in [0.15, 0.2) is 17.5 Å². The molecular weight excluding hydrogens is 395 g/mol. The molecule has 0 aliphatic heterocycles. The summed E-state index contributed by atoms with van der Waals surface area (Å²) in [5.74, 6) is -0.311. The van der Waals surface area contributed by atoms with Crippen molar-refractivity contribution in [3.63, 3.8) is 0 Å². The van der Waals surface area contributed by atoms with Gasteiger partial charge in [0, 0.05) is 35.9 Å². The Hall–Kier alpha value is -2.74. The minimum atomic E-state index is -0.551. The number of H-pyrrole nitrogens is 1. The molecule has 4 rings (SSSR count). The van der Waals surface area contributed by atoms with E-state index >= 15 is 0 Å². The van der Waals surface area contributed by atoms with Crippen LogP contribution in [0.2, 0.25) is 5.02 Å². The van der Waals surface area contributed by atoms with Crippen LogP contribution in [0.1, 0.15) is 32.6 Å². The van der Waals surface area contributed by atoms with Gasteiger partial charge in [0.05, 0.1) is 17.1 Å². The zero-order valence-electron chi connectivity index (χ0n) is 16.0. The number of carbonyl (C=O) groups excluding carboxylic acids is 1. The number of nitrogens with zero attached hydrogens (tertiary/aromatic N) is 3. The third kappa shape index (κ3) is 4.03. The minimum Gasteiger partial charge on any atom is -0.364 e. The average molecular weight is 417 g/mol. The van der Waals surface area contributed by atoms with Crippen LogP contribution in [0.3, 0.4) is 0 Å². The largest absolute Gasteiger partial charge is 0.364 e. The first-order valence-electron chi connectivity index (χ1n) is 9.76. The number of amides is 1. The Bertz CT molecular complexity index is 1040. The highest BCUT2D eigenvalue weighted by atomic mass is 35.5. The van der Waals surface area contributed by atoms with Crippen molar-refractivity contribution in [3.05, 3.63) is 35.5 Å². The molecule has 1 aliphatic rings. The van der Waals surface area contributed by atoms with E-state index in [0.29, 0.717) is 28.6 Å². The van der Waals surface area contributed by atoms with Gasteiger partial charge in [0.2, 0.25) is 5.91 Å². The highest BCUT2D eigenvalue weighted by molar-refractivity contribution is 6.31. The quantitative estimate of drug-likeness (QED) is 0.586. The van der Waals surface area contributed by atoms with Crippen molar-refractivity contribution in [1.82, 2.24) is 25.3 Å². The van der Waals surface area contributed by atoms with Gasteiger partial charge in [0.25, 0.3) is 0 Å². The molecular formula is C20H22ClFN6O. The Morgan fingerprint density at radius 1 is 1.31 bits per heavy atom. The second-order valence-corrected chi connectivity index (χ2v) is 7.62. The predicted octanol–water partition coefficient (Wildman–Crippen LogP) is 3.92. The van der Waals surface area contributed by atoms with Crippen molar-refractivity contribution >= 4 is 34.4 Å². The fraction of sp³-hybridized carbons (Fsp3) is 0.400. The molecule has 1 saturated carbocycles. The summed E-state index contributed by atoms with van der Waals surface area (Å²) in [6, 6.07) is 1.59. The summed E-state index contributed by atoms with van der Waals surface area (Å²) in [5.41, 5.74) is 1.33. The average Bonchev–Trinajstić information content (AvgIpc) is 3.13. The molecule has 152 valence electrons. The normalized spacial score (nSPS) is 19.3. The number of fused-ring (bicyclic) bond motifs is 1. The van der Waals surface area contributed by atoms with Gasteiger partial charge in [-0.3, -0.25) is 4.79 Å². The van der Waals surface area contributed by atoms with Gasteiger partial charge >= 0.3 is 0 Å². The zero-order chi connectivity index (χ0) is 20.4. The smallest absolute Gasteiger partial charge is 0.225 e. The highest BCUT2D eigenvalue weighted by Crippen LogP contribution is 2.30. The molecule has 2 atom stereocenters. The summed E-state index contributed by atoms with van der Waals surface area (Å²) < 4.78 is 14.5. The van der Waals surface area contributed by atoms with E-state index in [1.165, 1.54) is 0 Å². The highest BCUT2D eigenvalue weighted by Gasteiger charge is 2.31. The molecule has 3 heterocycles. The maximum atomic E-state index is 14.5. The van der Waals surface area contributed by atoms with Gasteiger partial charge in [-0.05, 0) is 25.8 Å². The molecule has 9 heteroatoms. The lowest BCUT2D eigenvalue weighted by Gasteiger charge is -2.31. The minimum absolute atomic E-state index is 0.00303. The zero-order valence-corrected chi connectivity index (χ0v) is 16.8. The maximum absolute atomic E-state index is 14.5. The summed E-state index contributed by atoms with van der Waals surface area (Å²) in [5, 5.41) is 7.29. The summed E-state index contributed by atoms with van der Waals surface area (Å²) in [6.45, 7) is 2.47. The number of carbonyl (C=O) groups is 1. The summed E-state index contributed by atoms with van der Waals surface area (Å²) in [7, 11) is 0. The number of anilines is 1. The monoisotopic (exact) mass is 416 g/mol. The predicted molar refractivity (Wildman–Crippen MR) is 110 cm³/mol. The van der Waals surface area contributed by atoms with Crippen LogP contribution < -0.4 is 10.6 Å². The van der Waals surface area contributed by atoms with E-state index in [2.05, 4.69) is 30.6 Å². The number of halogens is 2. The van der Waals surface area contributed by atoms with Crippen molar-refractivity contribution in [3.8, 4) is 11.4 Å². The molecule has 3 N–H and O–H groups in total. The number of aromatic amines is 1. The van der Waals surface area contributed by atoms with Crippen LogP contribution in [0.4, 0.5) is 10.2 Å². The van der Waals surface area contributed by atoms with Crippen molar-refractivity contribution in [2.24, 2.45) is 5.92 Å². The molecule has 3 aromatic rings. The van der Waals surface area contributed by atoms with Gasteiger partial charge < -0.3 is 15.6 Å². The van der Waals surface area contributed by atoms with Gasteiger partial charge in [-0.25, -0.2) is 19.3 Å². The van der Waals surface area contributed by atoms with E-state index in [4.69, 9.17) is 11.6 Å². The van der Waals surface area contributed by atoms with Gasteiger partial charge in [-0.15, -0.1) is 0 Å². The number of pyridine rings is 1. The van der Waals surface area contributed by atoms with Crippen molar-refractivity contribution in [2.75, 3.05) is 11.9 Å². The van der Waals surface area contributed by atoms with E-state index in [9.17, 15) is 9.18 Å². The summed E-state index contributed by atoms with van der Waals surface area (Å²) in [6.07, 6.45) is 7.95. The summed E-state index contributed by atoms with van der Waals surface area (Å²) >= 11 is 6.06. The molecule has 1 fully saturated rings. The topological polar surface area (TPSA) is 95.6 Å². The van der Waals surface area contributed by atoms with Gasteiger partial charge in [0.1, 0.15) is 5.65 Å². The van der Waals surface area contributed by atoms with Crippen molar-refractivity contribution < 1.29 is 9.18 Å². The van der Waals surface area contributed by atoms with E-state index < -0.39 is 5.82 Å². The molecule has 7 nitrogen and oxygen atoms in total. The Morgan fingerprint density at radius 2 is 2.14 bits per heavy atom. The van der Waals surface area contributed by atoms with Crippen LogP contribution in [0.25, 0.3) is 22.4 Å². The molecule has 29 heavy (non-hydrogen) atoms. The van der Waals surface area contributed by atoms with Crippen LogP contribution in [-0.2, 0) is 4.79 Å². The molecule has 0 bridgehead atoms. The Kier molecular flexibility index (Phi) is 5.62. The molecule has 0 saturated heterocycles. The molecule has 0 radical (unpaired) electrons.